The molecule has 1 heterocycles. The zero-order chi connectivity index (χ0) is 19.9. The summed E-state index contributed by atoms with van der Waals surface area (Å²) in [7, 11) is -0.720. The van der Waals surface area contributed by atoms with Crippen molar-refractivity contribution in [3.63, 3.8) is 0 Å². The second-order valence-electron chi connectivity index (χ2n) is 6.90. The molecule has 0 atom stereocenters. The first-order valence-corrected chi connectivity index (χ1v) is 10.4. The Balaban J connectivity index is 0.00000392. The van der Waals surface area contributed by atoms with Gasteiger partial charge in [0.1, 0.15) is 10.6 Å². The summed E-state index contributed by atoms with van der Waals surface area (Å²) in [5.41, 5.74) is 0.452. The highest BCUT2D eigenvalue weighted by molar-refractivity contribution is 7.89. The van der Waals surface area contributed by atoms with Crippen molar-refractivity contribution in [1.29, 1.82) is 0 Å². The normalized spacial score (nSPS) is 16.1. The Morgan fingerprint density at radius 3 is 2.50 bits per heavy atom. The number of carbonyl (C=O) groups is 1. The molecule has 0 saturated carbocycles. The lowest BCUT2D eigenvalue weighted by atomic mass is 9.80. The maximum absolute atomic E-state index is 13.0. The molecule has 28 heavy (non-hydrogen) atoms. The van der Waals surface area contributed by atoms with Crippen molar-refractivity contribution in [2.24, 2.45) is 5.41 Å². The number of benzene rings is 1. The van der Waals surface area contributed by atoms with Crippen LogP contribution in [-0.4, -0.2) is 54.8 Å². The Morgan fingerprint density at radius 2 is 1.93 bits per heavy atom. The fourth-order valence-electron chi connectivity index (χ4n) is 3.23. The van der Waals surface area contributed by atoms with E-state index in [0.717, 1.165) is 25.9 Å². The first-order chi connectivity index (χ1) is 12.8. The summed E-state index contributed by atoms with van der Waals surface area (Å²) in [5, 5.41) is 5.95. The van der Waals surface area contributed by atoms with Crippen LogP contribution in [0, 0.1) is 5.41 Å². The number of rotatable bonds is 9. The topological polar surface area (TPSA) is 106 Å². The molecule has 0 aromatic heterocycles. The molecule has 2 rings (SSSR count). The highest BCUT2D eigenvalue weighted by Gasteiger charge is 2.34. The first-order valence-electron chi connectivity index (χ1n) is 8.93. The van der Waals surface area contributed by atoms with Gasteiger partial charge >= 0.3 is 0 Å². The second-order valence-corrected chi connectivity index (χ2v) is 8.64. The number of nitrogens with one attached hydrogen (secondary N) is 3. The lowest BCUT2D eigenvalue weighted by Crippen LogP contribution is -2.47. The van der Waals surface area contributed by atoms with E-state index in [1.165, 1.54) is 20.1 Å². The Morgan fingerprint density at radius 1 is 1.25 bits per heavy atom. The summed E-state index contributed by atoms with van der Waals surface area (Å²) in [6, 6.07) is 4.86. The Bertz CT molecular complexity index is 746. The Labute approximate surface area is 173 Å². The Hall–Kier alpha value is -1.39. The van der Waals surface area contributed by atoms with Gasteiger partial charge in [-0.1, -0.05) is 6.07 Å². The average molecular weight is 436 g/mol. The summed E-state index contributed by atoms with van der Waals surface area (Å²) in [6.45, 7) is 4.13. The molecule has 1 aromatic carbocycles. The van der Waals surface area contributed by atoms with Crippen LogP contribution in [0.4, 0.5) is 0 Å². The van der Waals surface area contributed by atoms with Gasteiger partial charge in [-0.2, -0.15) is 0 Å². The van der Waals surface area contributed by atoms with Gasteiger partial charge in [0.2, 0.25) is 15.9 Å². The highest BCUT2D eigenvalue weighted by Crippen LogP contribution is 2.30. The lowest BCUT2D eigenvalue weighted by molar-refractivity contribution is -0.119. The van der Waals surface area contributed by atoms with Crippen LogP contribution in [0.2, 0.25) is 0 Å². The number of halogens is 1. The van der Waals surface area contributed by atoms with Crippen molar-refractivity contribution in [1.82, 2.24) is 15.4 Å². The molecule has 3 N–H and O–H groups in total. The van der Waals surface area contributed by atoms with Gasteiger partial charge in [-0.15, -0.1) is 12.4 Å². The highest BCUT2D eigenvalue weighted by atomic mass is 35.5. The van der Waals surface area contributed by atoms with E-state index in [4.69, 9.17) is 9.47 Å². The maximum Gasteiger partial charge on any atom is 0.244 e. The van der Waals surface area contributed by atoms with E-state index in [9.17, 15) is 13.2 Å². The quantitative estimate of drug-likeness (QED) is 0.535. The van der Waals surface area contributed by atoms with Gasteiger partial charge in [0.15, 0.2) is 0 Å². The molecular weight excluding hydrogens is 406 g/mol. The molecule has 0 spiro atoms. The minimum absolute atomic E-state index is 0. The van der Waals surface area contributed by atoms with Gasteiger partial charge in [0.05, 0.1) is 13.7 Å². The zero-order valence-corrected chi connectivity index (χ0v) is 18.2. The van der Waals surface area contributed by atoms with Crippen LogP contribution < -0.4 is 20.1 Å². The number of piperidine rings is 1. The number of ether oxygens (including phenoxy) is 2. The summed E-state index contributed by atoms with van der Waals surface area (Å²) in [5.74, 6) is 0.0842. The van der Waals surface area contributed by atoms with E-state index in [0.29, 0.717) is 18.7 Å². The second kappa shape index (κ2) is 11.0. The average Bonchev–Trinajstić information content (AvgIpc) is 2.66. The van der Waals surface area contributed by atoms with Crippen LogP contribution in [0.5, 0.6) is 5.75 Å². The molecular formula is C18H30ClN3O5S. The van der Waals surface area contributed by atoms with E-state index in [-0.39, 0.29) is 40.9 Å². The summed E-state index contributed by atoms with van der Waals surface area (Å²) >= 11 is 0. The summed E-state index contributed by atoms with van der Waals surface area (Å²) < 4.78 is 39.2. The van der Waals surface area contributed by atoms with E-state index in [1.54, 1.807) is 19.2 Å². The Kier molecular flexibility index (Phi) is 9.65. The van der Waals surface area contributed by atoms with Crippen LogP contribution in [0.3, 0.4) is 0 Å². The molecule has 1 saturated heterocycles. The third kappa shape index (κ3) is 6.59. The smallest absolute Gasteiger partial charge is 0.244 e. The molecule has 1 amide bonds. The molecule has 0 bridgehead atoms. The molecule has 160 valence electrons. The monoisotopic (exact) mass is 435 g/mol. The van der Waals surface area contributed by atoms with Crippen LogP contribution in [0.1, 0.15) is 25.3 Å². The van der Waals surface area contributed by atoms with Crippen molar-refractivity contribution in [3.8, 4) is 5.75 Å². The SMILES string of the molecule is COCC1(CNS(=O)(=O)c2cc(CNC(C)=O)ccc2OC)CCNCC1.Cl. The van der Waals surface area contributed by atoms with Gasteiger partial charge in [0.25, 0.3) is 0 Å². The summed E-state index contributed by atoms with van der Waals surface area (Å²) in [4.78, 5) is 11.2. The minimum Gasteiger partial charge on any atom is -0.495 e. The van der Waals surface area contributed by atoms with Crippen LogP contribution in [0.25, 0.3) is 0 Å². The molecule has 1 aliphatic rings. The number of amides is 1. The van der Waals surface area contributed by atoms with Crippen LogP contribution >= 0.6 is 12.4 Å². The third-order valence-corrected chi connectivity index (χ3v) is 6.23. The largest absolute Gasteiger partial charge is 0.495 e. The van der Waals surface area contributed by atoms with Crippen molar-refractivity contribution in [2.75, 3.05) is 40.5 Å². The number of hydrogen-bond donors (Lipinski definition) is 3. The molecule has 10 heteroatoms. The minimum atomic E-state index is -3.78. The lowest BCUT2D eigenvalue weighted by Gasteiger charge is -2.37. The van der Waals surface area contributed by atoms with Gasteiger partial charge < -0.3 is 20.1 Å². The molecule has 0 unspecified atom stereocenters. The standard InChI is InChI=1S/C18H29N3O5S.ClH/c1-14(22)20-11-15-4-5-16(26-3)17(10-15)27(23,24)21-12-18(13-25-2)6-8-19-9-7-18;/h4-5,10,19,21H,6-9,11-13H2,1-3H3,(H,20,22);1H. The molecule has 1 aliphatic heterocycles. The predicted octanol–water partition coefficient (Wildman–Crippen LogP) is 1.05. The van der Waals surface area contributed by atoms with E-state index in [1.807, 2.05) is 0 Å². The van der Waals surface area contributed by atoms with Crippen molar-refractivity contribution < 1.29 is 22.7 Å². The van der Waals surface area contributed by atoms with Gasteiger partial charge in [-0.05, 0) is 43.6 Å². The molecule has 8 nitrogen and oxygen atoms in total. The van der Waals surface area contributed by atoms with Gasteiger partial charge in [-0.25, -0.2) is 13.1 Å². The maximum atomic E-state index is 13.0. The fourth-order valence-corrected chi connectivity index (χ4v) is 4.60. The zero-order valence-electron chi connectivity index (χ0n) is 16.5. The number of carbonyl (C=O) groups excluding carboxylic acids is 1. The van der Waals surface area contributed by atoms with Gasteiger partial charge in [-0.3, -0.25) is 4.79 Å². The molecule has 1 fully saturated rings. The summed E-state index contributed by atoms with van der Waals surface area (Å²) in [6.07, 6.45) is 1.67. The van der Waals surface area contributed by atoms with Gasteiger partial charge in [0, 0.05) is 32.5 Å². The fraction of sp³-hybridized carbons (Fsp3) is 0.611. The third-order valence-electron chi connectivity index (χ3n) is 4.81. The first kappa shape index (κ1) is 24.6. The van der Waals surface area contributed by atoms with E-state index >= 15 is 0 Å². The van der Waals surface area contributed by atoms with Crippen molar-refractivity contribution in [3.05, 3.63) is 23.8 Å². The predicted molar refractivity (Wildman–Crippen MR) is 109 cm³/mol. The molecule has 1 aromatic rings. The van der Waals surface area contributed by atoms with Crippen LogP contribution in [-0.2, 0) is 26.1 Å². The molecule has 0 radical (unpaired) electrons. The van der Waals surface area contributed by atoms with E-state index in [2.05, 4.69) is 15.4 Å². The number of hydrogen-bond acceptors (Lipinski definition) is 6. The van der Waals surface area contributed by atoms with Crippen molar-refractivity contribution in [2.45, 2.75) is 31.2 Å². The molecule has 0 aliphatic carbocycles. The number of sulfonamides is 1. The van der Waals surface area contributed by atoms with Crippen LogP contribution in [0.15, 0.2) is 23.1 Å². The van der Waals surface area contributed by atoms with E-state index < -0.39 is 10.0 Å². The number of methoxy groups -OCH3 is 2. The van der Waals surface area contributed by atoms with Crippen molar-refractivity contribution >= 4 is 28.3 Å².